The number of hydrogen-bond donors (Lipinski definition) is 1. The number of carboxylic acid groups (broad SMARTS) is 1. The molecule has 1 N–H and O–H groups in total. The molecule has 6 heteroatoms. The summed E-state index contributed by atoms with van der Waals surface area (Å²) in [5.74, 6) is -0.285. The monoisotopic (exact) mass is 305 g/mol. The van der Waals surface area contributed by atoms with Crippen molar-refractivity contribution in [3.8, 4) is 0 Å². The fraction of sp³-hybridized carbons (Fsp3) is 0.688. The van der Waals surface area contributed by atoms with E-state index < -0.39 is 5.97 Å². The average Bonchev–Trinajstić information content (AvgIpc) is 3.27. The normalized spacial score (nSPS) is 21.9. The maximum Gasteiger partial charge on any atom is 0.303 e. The smallest absolute Gasteiger partial charge is 0.303 e. The molecule has 2 heterocycles. The summed E-state index contributed by atoms with van der Waals surface area (Å²) in [6.07, 6.45) is 5.94. The molecule has 1 saturated heterocycles. The zero-order valence-electron chi connectivity index (χ0n) is 13.0. The highest BCUT2D eigenvalue weighted by molar-refractivity contribution is 5.92. The van der Waals surface area contributed by atoms with E-state index in [1.54, 1.807) is 0 Å². The molecule has 1 saturated carbocycles. The minimum absolute atomic E-state index is 0.0312. The Morgan fingerprint density at radius 2 is 2.09 bits per heavy atom. The minimum atomic E-state index is -0.799. The lowest BCUT2D eigenvalue weighted by atomic mass is 9.97. The molecule has 1 aromatic heterocycles. The predicted octanol–water partition coefficient (Wildman–Crippen LogP) is 2.16. The van der Waals surface area contributed by atoms with E-state index in [0.29, 0.717) is 24.6 Å². The summed E-state index contributed by atoms with van der Waals surface area (Å²) < 4.78 is 1.82. The van der Waals surface area contributed by atoms with Gasteiger partial charge in [-0.3, -0.25) is 14.3 Å². The summed E-state index contributed by atoms with van der Waals surface area (Å²) in [7, 11) is 1.89. The number of likely N-dealkylation sites (tertiary alicyclic amines) is 1. The zero-order chi connectivity index (χ0) is 15.7. The number of piperidine rings is 1. The third-order valence-electron chi connectivity index (χ3n) is 4.71. The van der Waals surface area contributed by atoms with Crippen LogP contribution in [0.1, 0.15) is 67.0 Å². The van der Waals surface area contributed by atoms with Crippen LogP contribution in [0.3, 0.4) is 0 Å². The Labute approximate surface area is 130 Å². The molecule has 3 rings (SSSR count). The number of carbonyl (C=O) groups is 2. The summed E-state index contributed by atoms with van der Waals surface area (Å²) in [5.41, 5.74) is 1.65. The van der Waals surface area contributed by atoms with Crippen LogP contribution in [0.25, 0.3) is 0 Å². The lowest BCUT2D eigenvalue weighted by Gasteiger charge is -2.35. The van der Waals surface area contributed by atoms with Crippen LogP contribution in [-0.4, -0.2) is 44.3 Å². The fourth-order valence-electron chi connectivity index (χ4n) is 3.35. The number of aliphatic carboxylic acids is 1. The second kappa shape index (κ2) is 6.10. The first-order valence-electron chi connectivity index (χ1n) is 8.13. The van der Waals surface area contributed by atoms with Crippen LogP contribution in [0.5, 0.6) is 0 Å². The lowest BCUT2D eigenvalue weighted by molar-refractivity contribution is -0.137. The molecular formula is C16H23N3O3. The van der Waals surface area contributed by atoms with Gasteiger partial charge in [0, 0.05) is 37.7 Å². The van der Waals surface area contributed by atoms with E-state index >= 15 is 0 Å². The van der Waals surface area contributed by atoms with Gasteiger partial charge in [0.25, 0.3) is 5.91 Å². The Morgan fingerprint density at radius 1 is 1.32 bits per heavy atom. The molecule has 0 spiro atoms. The van der Waals surface area contributed by atoms with Crippen molar-refractivity contribution in [3.63, 3.8) is 0 Å². The maximum absolute atomic E-state index is 12.8. The number of carbonyl (C=O) groups excluding carboxylic acids is 1. The van der Waals surface area contributed by atoms with E-state index in [2.05, 4.69) is 5.10 Å². The van der Waals surface area contributed by atoms with Crippen LogP contribution in [-0.2, 0) is 11.8 Å². The standard InChI is InChI=1S/C16H23N3O3/c1-18-14(11-5-6-11)10-13(17-18)16(22)19-9-3-2-4-12(19)7-8-15(20)21/h10-12H,2-9H2,1H3,(H,20,21). The molecule has 0 radical (unpaired) electrons. The number of aromatic nitrogens is 2. The minimum Gasteiger partial charge on any atom is -0.481 e. The first-order chi connectivity index (χ1) is 10.6. The van der Waals surface area contributed by atoms with Gasteiger partial charge in [-0.05, 0) is 44.6 Å². The van der Waals surface area contributed by atoms with Gasteiger partial charge >= 0.3 is 5.97 Å². The van der Waals surface area contributed by atoms with Gasteiger partial charge in [-0.2, -0.15) is 5.10 Å². The van der Waals surface area contributed by atoms with E-state index in [0.717, 1.165) is 25.0 Å². The fourth-order valence-corrected chi connectivity index (χ4v) is 3.35. The van der Waals surface area contributed by atoms with Gasteiger partial charge in [0.1, 0.15) is 0 Å². The van der Waals surface area contributed by atoms with Gasteiger partial charge in [-0.15, -0.1) is 0 Å². The number of nitrogens with zero attached hydrogens (tertiary/aromatic N) is 3. The van der Waals surface area contributed by atoms with Crippen molar-refractivity contribution >= 4 is 11.9 Å². The van der Waals surface area contributed by atoms with Gasteiger partial charge < -0.3 is 10.0 Å². The Morgan fingerprint density at radius 3 is 2.77 bits per heavy atom. The van der Waals surface area contributed by atoms with Gasteiger partial charge in [0.15, 0.2) is 5.69 Å². The lowest BCUT2D eigenvalue weighted by Crippen LogP contribution is -2.44. The van der Waals surface area contributed by atoms with Crippen molar-refractivity contribution in [2.75, 3.05) is 6.54 Å². The molecule has 1 amide bonds. The summed E-state index contributed by atoms with van der Waals surface area (Å²) in [5, 5.41) is 13.3. The van der Waals surface area contributed by atoms with E-state index in [4.69, 9.17) is 5.11 Å². The molecule has 1 aliphatic heterocycles. The second-order valence-corrected chi connectivity index (χ2v) is 6.43. The summed E-state index contributed by atoms with van der Waals surface area (Å²) >= 11 is 0. The molecule has 2 fully saturated rings. The van der Waals surface area contributed by atoms with Crippen molar-refractivity contribution < 1.29 is 14.7 Å². The largest absolute Gasteiger partial charge is 0.481 e. The molecule has 0 bridgehead atoms. The molecule has 22 heavy (non-hydrogen) atoms. The van der Waals surface area contributed by atoms with E-state index in [9.17, 15) is 9.59 Å². The Balaban J connectivity index is 1.73. The third kappa shape index (κ3) is 3.15. The summed E-state index contributed by atoms with van der Waals surface area (Å²) in [4.78, 5) is 25.4. The molecule has 2 aliphatic rings. The van der Waals surface area contributed by atoms with Gasteiger partial charge in [0.05, 0.1) is 0 Å². The Hall–Kier alpha value is -1.85. The number of carboxylic acids is 1. The van der Waals surface area contributed by atoms with Crippen molar-refractivity contribution in [1.82, 2.24) is 14.7 Å². The third-order valence-corrected chi connectivity index (χ3v) is 4.71. The van der Waals surface area contributed by atoms with Crippen LogP contribution >= 0.6 is 0 Å². The maximum atomic E-state index is 12.8. The van der Waals surface area contributed by atoms with Gasteiger partial charge in [0.2, 0.25) is 0 Å². The first kappa shape index (κ1) is 15.1. The summed E-state index contributed by atoms with van der Waals surface area (Å²) in [6.45, 7) is 0.707. The van der Waals surface area contributed by atoms with Crippen molar-refractivity contribution in [2.24, 2.45) is 7.05 Å². The Bertz CT molecular complexity index is 577. The Kier molecular flexibility index (Phi) is 4.18. The highest BCUT2D eigenvalue weighted by atomic mass is 16.4. The van der Waals surface area contributed by atoms with Crippen molar-refractivity contribution in [3.05, 3.63) is 17.5 Å². The highest BCUT2D eigenvalue weighted by Gasteiger charge is 2.32. The summed E-state index contributed by atoms with van der Waals surface area (Å²) in [6, 6.07) is 1.95. The first-order valence-corrected chi connectivity index (χ1v) is 8.13. The van der Waals surface area contributed by atoms with Crippen molar-refractivity contribution in [2.45, 2.75) is 56.9 Å². The van der Waals surface area contributed by atoms with Crippen LogP contribution in [0.4, 0.5) is 0 Å². The molecule has 6 nitrogen and oxygen atoms in total. The molecule has 1 aliphatic carbocycles. The molecule has 0 aromatic carbocycles. The number of hydrogen-bond acceptors (Lipinski definition) is 3. The molecule has 1 aromatic rings. The van der Waals surface area contributed by atoms with Crippen LogP contribution in [0, 0.1) is 0 Å². The van der Waals surface area contributed by atoms with Crippen LogP contribution < -0.4 is 0 Å². The quantitative estimate of drug-likeness (QED) is 0.904. The number of rotatable bonds is 5. The van der Waals surface area contributed by atoms with Gasteiger partial charge in [-0.1, -0.05) is 0 Å². The predicted molar refractivity (Wildman–Crippen MR) is 80.7 cm³/mol. The second-order valence-electron chi connectivity index (χ2n) is 6.43. The molecular weight excluding hydrogens is 282 g/mol. The van der Waals surface area contributed by atoms with Crippen molar-refractivity contribution in [1.29, 1.82) is 0 Å². The van der Waals surface area contributed by atoms with E-state index in [1.165, 1.54) is 12.8 Å². The SMILES string of the molecule is Cn1nc(C(=O)N2CCCCC2CCC(=O)O)cc1C1CC1. The van der Waals surface area contributed by atoms with E-state index in [-0.39, 0.29) is 18.4 Å². The highest BCUT2D eigenvalue weighted by Crippen LogP contribution is 2.40. The van der Waals surface area contributed by atoms with E-state index in [1.807, 2.05) is 22.7 Å². The molecule has 1 unspecified atom stereocenters. The zero-order valence-corrected chi connectivity index (χ0v) is 13.0. The van der Waals surface area contributed by atoms with Crippen LogP contribution in [0.15, 0.2) is 6.07 Å². The molecule has 1 atom stereocenters. The topological polar surface area (TPSA) is 75.4 Å². The average molecular weight is 305 g/mol. The number of amides is 1. The van der Waals surface area contributed by atoms with Crippen LogP contribution in [0.2, 0.25) is 0 Å². The number of aryl methyl sites for hydroxylation is 1. The van der Waals surface area contributed by atoms with Gasteiger partial charge in [-0.25, -0.2) is 0 Å². The molecule has 120 valence electrons.